The summed E-state index contributed by atoms with van der Waals surface area (Å²) in [6.07, 6.45) is 1.46. The Hall–Kier alpha value is -3.22. The summed E-state index contributed by atoms with van der Waals surface area (Å²) in [5.41, 5.74) is 9.46. The number of nitro groups is 1. The highest BCUT2D eigenvalue weighted by molar-refractivity contribution is 5.91. The van der Waals surface area contributed by atoms with E-state index >= 15 is 0 Å². The minimum absolute atomic E-state index is 0.0280. The van der Waals surface area contributed by atoms with Gasteiger partial charge in [0.05, 0.1) is 11.1 Å². The highest BCUT2D eigenvalue weighted by Gasteiger charge is 2.07. The second-order valence-electron chi connectivity index (χ2n) is 4.13. The minimum Gasteiger partial charge on any atom is -0.350 e. The maximum Gasteiger partial charge on any atom is 0.332 e. The van der Waals surface area contributed by atoms with Crippen LogP contribution in [0.4, 0.5) is 10.5 Å². The molecule has 0 saturated heterocycles. The van der Waals surface area contributed by atoms with Gasteiger partial charge in [0.25, 0.3) is 5.69 Å². The summed E-state index contributed by atoms with van der Waals surface area (Å²) in [5.74, 6) is 0. The van der Waals surface area contributed by atoms with Crippen LogP contribution in [-0.2, 0) is 0 Å². The Kier molecular flexibility index (Phi) is 4.25. The van der Waals surface area contributed by atoms with Gasteiger partial charge in [0.2, 0.25) is 0 Å². The van der Waals surface area contributed by atoms with Crippen LogP contribution in [0.5, 0.6) is 0 Å². The van der Waals surface area contributed by atoms with E-state index in [1.807, 2.05) is 24.3 Å². The van der Waals surface area contributed by atoms with Gasteiger partial charge in [0, 0.05) is 17.7 Å². The molecule has 7 heteroatoms. The highest BCUT2D eigenvalue weighted by atomic mass is 16.6. The number of hydrogen-bond acceptors (Lipinski definition) is 4. The van der Waals surface area contributed by atoms with Crippen molar-refractivity contribution in [1.82, 2.24) is 5.43 Å². The standard InChI is InChI=1S/C14H12N4O3/c15-14(19)17-16-9-11-3-1-2-4-13(11)10-5-7-12(8-6-10)18(20)21/h1-9H,(H3,15,17,19). The third-order valence-electron chi connectivity index (χ3n) is 2.73. The molecular formula is C14H12N4O3. The van der Waals surface area contributed by atoms with Crippen molar-refractivity contribution in [2.45, 2.75) is 0 Å². The number of urea groups is 1. The molecule has 0 atom stereocenters. The quantitative estimate of drug-likeness (QED) is 0.510. The van der Waals surface area contributed by atoms with Gasteiger partial charge in [-0.05, 0) is 23.3 Å². The smallest absolute Gasteiger partial charge is 0.332 e. The van der Waals surface area contributed by atoms with Crippen molar-refractivity contribution >= 4 is 17.9 Å². The van der Waals surface area contributed by atoms with Gasteiger partial charge in [-0.25, -0.2) is 10.2 Å². The van der Waals surface area contributed by atoms with Crippen molar-refractivity contribution in [3.63, 3.8) is 0 Å². The Bertz CT molecular complexity index is 696. The number of rotatable bonds is 4. The van der Waals surface area contributed by atoms with Crippen LogP contribution < -0.4 is 11.2 Å². The summed E-state index contributed by atoms with van der Waals surface area (Å²) < 4.78 is 0. The van der Waals surface area contributed by atoms with Gasteiger partial charge in [-0.3, -0.25) is 10.1 Å². The predicted molar refractivity (Wildman–Crippen MR) is 78.8 cm³/mol. The van der Waals surface area contributed by atoms with E-state index in [-0.39, 0.29) is 5.69 Å². The first kappa shape index (κ1) is 14.2. The van der Waals surface area contributed by atoms with Crippen LogP contribution >= 0.6 is 0 Å². The molecule has 0 spiro atoms. The molecular weight excluding hydrogens is 272 g/mol. The molecule has 0 saturated carbocycles. The number of non-ortho nitro benzene ring substituents is 1. The molecule has 0 unspecified atom stereocenters. The molecule has 2 aromatic carbocycles. The van der Waals surface area contributed by atoms with Crippen molar-refractivity contribution in [2.24, 2.45) is 10.8 Å². The topological polar surface area (TPSA) is 111 Å². The Labute approximate surface area is 120 Å². The average Bonchev–Trinajstić information content (AvgIpc) is 2.47. The van der Waals surface area contributed by atoms with Crippen LogP contribution in [0.25, 0.3) is 11.1 Å². The summed E-state index contributed by atoms with van der Waals surface area (Å²) >= 11 is 0. The van der Waals surface area contributed by atoms with Gasteiger partial charge in [-0.1, -0.05) is 24.3 Å². The molecule has 21 heavy (non-hydrogen) atoms. The largest absolute Gasteiger partial charge is 0.350 e. The van der Waals surface area contributed by atoms with E-state index in [4.69, 9.17) is 5.73 Å². The molecule has 106 valence electrons. The number of hydrogen-bond donors (Lipinski definition) is 2. The minimum atomic E-state index is -0.751. The number of nitrogens with one attached hydrogen (secondary N) is 1. The number of carbonyl (C=O) groups excluding carboxylic acids is 1. The van der Waals surface area contributed by atoms with Gasteiger partial charge >= 0.3 is 6.03 Å². The fourth-order valence-corrected chi connectivity index (χ4v) is 1.80. The van der Waals surface area contributed by atoms with E-state index < -0.39 is 11.0 Å². The normalized spacial score (nSPS) is 10.5. The number of amides is 2. The van der Waals surface area contributed by atoms with Gasteiger partial charge < -0.3 is 5.73 Å². The third-order valence-corrected chi connectivity index (χ3v) is 2.73. The number of hydrazone groups is 1. The van der Waals surface area contributed by atoms with Crippen LogP contribution in [0.3, 0.4) is 0 Å². The lowest BCUT2D eigenvalue weighted by Gasteiger charge is -2.05. The Balaban J connectivity index is 2.33. The molecule has 0 aliphatic carbocycles. The lowest BCUT2D eigenvalue weighted by Crippen LogP contribution is -2.24. The van der Waals surface area contributed by atoms with Crippen molar-refractivity contribution in [3.05, 3.63) is 64.2 Å². The molecule has 3 N–H and O–H groups in total. The van der Waals surface area contributed by atoms with Crippen LogP contribution in [-0.4, -0.2) is 17.2 Å². The molecule has 0 aromatic heterocycles. The van der Waals surface area contributed by atoms with E-state index in [0.717, 1.165) is 16.7 Å². The summed E-state index contributed by atoms with van der Waals surface area (Å²) in [6.45, 7) is 0. The van der Waals surface area contributed by atoms with Crippen molar-refractivity contribution in [2.75, 3.05) is 0 Å². The molecule has 0 heterocycles. The molecule has 2 aromatic rings. The van der Waals surface area contributed by atoms with Crippen molar-refractivity contribution in [1.29, 1.82) is 0 Å². The first-order valence-corrected chi connectivity index (χ1v) is 6.00. The zero-order valence-corrected chi connectivity index (χ0v) is 10.9. The zero-order chi connectivity index (χ0) is 15.2. The maximum atomic E-state index is 10.7. The van der Waals surface area contributed by atoms with E-state index in [1.54, 1.807) is 12.1 Å². The Morgan fingerprint density at radius 3 is 2.48 bits per heavy atom. The number of nitrogens with zero attached hydrogens (tertiary/aromatic N) is 2. The lowest BCUT2D eigenvalue weighted by molar-refractivity contribution is -0.384. The molecule has 0 bridgehead atoms. The molecule has 7 nitrogen and oxygen atoms in total. The first-order chi connectivity index (χ1) is 10.1. The van der Waals surface area contributed by atoms with Gasteiger partial charge in [0.15, 0.2) is 0 Å². The Morgan fingerprint density at radius 2 is 1.86 bits per heavy atom. The highest BCUT2D eigenvalue weighted by Crippen LogP contribution is 2.24. The summed E-state index contributed by atoms with van der Waals surface area (Å²) in [5, 5.41) is 14.4. The third kappa shape index (κ3) is 3.63. The fraction of sp³-hybridized carbons (Fsp3) is 0. The number of primary amides is 1. The van der Waals surface area contributed by atoms with Crippen molar-refractivity contribution < 1.29 is 9.72 Å². The van der Waals surface area contributed by atoms with Crippen LogP contribution in [0.15, 0.2) is 53.6 Å². The van der Waals surface area contributed by atoms with Gasteiger partial charge in [-0.2, -0.15) is 5.10 Å². The van der Waals surface area contributed by atoms with E-state index in [9.17, 15) is 14.9 Å². The first-order valence-electron chi connectivity index (χ1n) is 6.00. The van der Waals surface area contributed by atoms with Crippen LogP contribution in [0.2, 0.25) is 0 Å². The number of carbonyl (C=O) groups is 1. The monoisotopic (exact) mass is 284 g/mol. The number of nitrogens with two attached hydrogens (primary N) is 1. The molecule has 0 radical (unpaired) electrons. The van der Waals surface area contributed by atoms with E-state index in [1.165, 1.54) is 18.3 Å². The van der Waals surface area contributed by atoms with Crippen molar-refractivity contribution in [3.8, 4) is 11.1 Å². The van der Waals surface area contributed by atoms with E-state index in [0.29, 0.717) is 0 Å². The summed E-state index contributed by atoms with van der Waals surface area (Å²) in [6, 6.07) is 12.8. The SMILES string of the molecule is NC(=O)NN=Cc1ccccc1-c1ccc([N+](=O)[O-])cc1. The molecule has 0 fully saturated rings. The number of nitro benzene ring substituents is 1. The predicted octanol–water partition coefficient (Wildman–Crippen LogP) is 2.26. The van der Waals surface area contributed by atoms with Crippen LogP contribution in [0, 0.1) is 10.1 Å². The van der Waals surface area contributed by atoms with Gasteiger partial charge in [0.1, 0.15) is 0 Å². The van der Waals surface area contributed by atoms with E-state index in [2.05, 4.69) is 10.5 Å². The second-order valence-corrected chi connectivity index (χ2v) is 4.13. The molecule has 2 rings (SSSR count). The second kappa shape index (κ2) is 6.29. The number of benzene rings is 2. The average molecular weight is 284 g/mol. The molecule has 2 amide bonds. The Morgan fingerprint density at radius 1 is 1.19 bits per heavy atom. The lowest BCUT2D eigenvalue weighted by atomic mass is 10.0. The molecule has 0 aliphatic rings. The summed E-state index contributed by atoms with van der Waals surface area (Å²) in [4.78, 5) is 20.8. The van der Waals surface area contributed by atoms with Crippen LogP contribution in [0.1, 0.15) is 5.56 Å². The fourth-order valence-electron chi connectivity index (χ4n) is 1.80. The summed E-state index contributed by atoms with van der Waals surface area (Å²) in [7, 11) is 0. The maximum absolute atomic E-state index is 10.7. The zero-order valence-electron chi connectivity index (χ0n) is 10.9. The van der Waals surface area contributed by atoms with Gasteiger partial charge in [-0.15, -0.1) is 0 Å². The molecule has 0 aliphatic heterocycles.